The van der Waals surface area contributed by atoms with Crippen LogP contribution in [-0.4, -0.2) is 25.8 Å². The lowest BCUT2D eigenvalue weighted by molar-refractivity contribution is 0.184. The van der Waals surface area contributed by atoms with Crippen molar-refractivity contribution in [1.29, 1.82) is 0 Å². The van der Waals surface area contributed by atoms with Crippen LogP contribution in [0.1, 0.15) is 12.5 Å². The second-order valence-electron chi connectivity index (χ2n) is 3.61. The summed E-state index contributed by atoms with van der Waals surface area (Å²) in [5.41, 5.74) is -1.09. The topological polar surface area (TPSA) is 41.5 Å². The number of methoxy groups -OCH3 is 1. The van der Waals surface area contributed by atoms with E-state index in [-0.39, 0.29) is 12.3 Å². The zero-order valence-electron chi connectivity index (χ0n) is 9.17. The Morgan fingerprint density at radius 3 is 2.73 bits per heavy atom. The van der Waals surface area contributed by atoms with Gasteiger partial charge in [-0.25, -0.2) is 4.39 Å². The van der Waals surface area contributed by atoms with Crippen LogP contribution in [0.25, 0.3) is 0 Å². The van der Waals surface area contributed by atoms with Gasteiger partial charge in [-0.15, -0.1) is 0 Å². The number of halogens is 1. The maximum atomic E-state index is 14.2. The van der Waals surface area contributed by atoms with Crippen molar-refractivity contribution in [3.05, 3.63) is 23.8 Å². The highest BCUT2D eigenvalue weighted by atomic mass is 19.1. The van der Waals surface area contributed by atoms with Crippen LogP contribution in [0.4, 0.5) is 4.39 Å². The fourth-order valence-electron chi connectivity index (χ4n) is 1.54. The molecule has 84 valence electrons. The van der Waals surface area contributed by atoms with Gasteiger partial charge in [0, 0.05) is 18.2 Å². The third-order valence-electron chi connectivity index (χ3n) is 2.26. The highest BCUT2D eigenvalue weighted by Crippen LogP contribution is 2.34. The minimum Gasteiger partial charge on any atom is -0.508 e. The lowest BCUT2D eigenvalue weighted by Gasteiger charge is -2.22. The number of hydrogen-bond donors (Lipinski definition) is 2. The summed E-state index contributed by atoms with van der Waals surface area (Å²) in [6.07, 6.45) is 0. The molecule has 0 saturated carbocycles. The van der Waals surface area contributed by atoms with Crippen LogP contribution >= 0.6 is 0 Å². The second kappa shape index (κ2) is 4.49. The molecule has 0 bridgehead atoms. The van der Waals surface area contributed by atoms with Crippen molar-refractivity contribution in [3.63, 3.8) is 0 Å². The zero-order valence-corrected chi connectivity index (χ0v) is 9.17. The number of rotatable bonds is 4. The van der Waals surface area contributed by atoms with Gasteiger partial charge in [-0.2, -0.15) is 0 Å². The summed E-state index contributed by atoms with van der Waals surface area (Å²) < 4.78 is 19.2. The van der Waals surface area contributed by atoms with Crippen LogP contribution in [-0.2, 0) is 5.67 Å². The number of phenolic OH excluding ortho intramolecular Hbond substituents is 1. The molecule has 1 unspecified atom stereocenters. The minimum atomic E-state index is -1.52. The number of alkyl halides is 1. The molecule has 2 N–H and O–H groups in total. The molecular weight excluding hydrogens is 197 g/mol. The van der Waals surface area contributed by atoms with Gasteiger partial charge in [0.1, 0.15) is 17.2 Å². The van der Waals surface area contributed by atoms with Crippen LogP contribution in [0.15, 0.2) is 18.2 Å². The summed E-state index contributed by atoms with van der Waals surface area (Å²) in [6.45, 7) is 1.66. The van der Waals surface area contributed by atoms with E-state index in [2.05, 4.69) is 5.32 Å². The van der Waals surface area contributed by atoms with Crippen LogP contribution in [0, 0.1) is 0 Å². The molecule has 0 fully saturated rings. The van der Waals surface area contributed by atoms with Crippen molar-refractivity contribution < 1.29 is 14.2 Å². The third-order valence-corrected chi connectivity index (χ3v) is 2.26. The van der Waals surface area contributed by atoms with E-state index in [1.54, 1.807) is 7.05 Å². The molecule has 15 heavy (non-hydrogen) atoms. The maximum Gasteiger partial charge on any atom is 0.149 e. The monoisotopic (exact) mass is 213 g/mol. The maximum absolute atomic E-state index is 14.2. The molecule has 0 heterocycles. The van der Waals surface area contributed by atoms with Crippen molar-refractivity contribution in [1.82, 2.24) is 5.32 Å². The van der Waals surface area contributed by atoms with Gasteiger partial charge in [0.05, 0.1) is 7.11 Å². The Bertz CT molecular complexity index is 339. The molecule has 1 aromatic carbocycles. The Morgan fingerprint density at radius 2 is 2.20 bits per heavy atom. The fourth-order valence-corrected chi connectivity index (χ4v) is 1.54. The standard InChI is InChI=1S/C11H16FNO2/c1-11(12,7-13-2)9-5-4-8(14)6-10(9)15-3/h4-6,13-14H,7H2,1-3H3. The predicted octanol–water partition coefficient (Wildman–Crippen LogP) is 1.80. The Morgan fingerprint density at radius 1 is 1.53 bits per heavy atom. The van der Waals surface area contributed by atoms with Gasteiger partial charge in [-0.05, 0) is 26.1 Å². The largest absolute Gasteiger partial charge is 0.508 e. The first-order chi connectivity index (χ1) is 7.01. The van der Waals surface area contributed by atoms with E-state index < -0.39 is 5.67 Å². The van der Waals surface area contributed by atoms with Gasteiger partial charge in [0.25, 0.3) is 0 Å². The Kier molecular flexibility index (Phi) is 3.52. The highest BCUT2D eigenvalue weighted by Gasteiger charge is 2.28. The van der Waals surface area contributed by atoms with Gasteiger partial charge in [0.2, 0.25) is 0 Å². The van der Waals surface area contributed by atoms with Crippen LogP contribution < -0.4 is 10.1 Å². The summed E-state index contributed by atoms with van der Waals surface area (Å²) >= 11 is 0. The van der Waals surface area contributed by atoms with E-state index in [9.17, 15) is 9.50 Å². The lowest BCUT2D eigenvalue weighted by Crippen LogP contribution is -2.29. The molecule has 1 rings (SSSR count). The number of ether oxygens (including phenoxy) is 1. The number of phenols is 1. The van der Waals surface area contributed by atoms with Gasteiger partial charge >= 0.3 is 0 Å². The highest BCUT2D eigenvalue weighted by molar-refractivity contribution is 5.43. The smallest absolute Gasteiger partial charge is 0.149 e. The van der Waals surface area contributed by atoms with E-state index in [0.717, 1.165) is 0 Å². The summed E-state index contributed by atoms with van der Waals surface area (Å²) in [5.74, 6) is 0.422. The number of aromatic hydroxyl groups is 1. The predicted molar refractivity (Wildman–Crippen MR) is 57.0 cm³/mol. The second-order valence-corrected chi connectivity index (χ2v) is 3.61. The number of hydrogen-bond acceptors (Lipinski definition) is 3. The molecule has 0 aliphatic heterocycles. The van der Waals surface area contributed by atoms with E-state index in [0.29, 0.717) is 11.3 Å². The molecule has 0 aromatic heterocycles. The number of nitrogens with one attached hydrogen (secondary N) is 1. The molecule has 0 aliphatic carbocycles. The van der Waals surface area contributed by atoms with Gasteiger partial charge < -0.3 is 15.2 Å². The van der Waals surface area contributed by atoms with Crippen LogP contribution in [0.3, 0.4) is 0 Å². The van der Waals surface area contributed by atoms with E-state index in [4.69, 9.17) is 4.74 Å². The molecule has 0 radical (unpaired) electrons. The summed E-state index contributed by atoms with van der Waals surface area (Å²) in [6, 6.07) is 4.39. The lowest BCUT2D eigenvalue weighted by atomic mass is 9.96. The first kappa shape index (κ1) is 11.8. The number of likely N-dealkylation sites (N-methyl/N-ethyl adjacent to an activating group) is 1. The first-order valence-electron chi connectivity index (χ1n) is 4.72. The van der Waals surface area contributed by atoms with Crippen molar-refractivity contribution in [2.75, 3.05) is 20.7 Å². The van der Waals surface area contributed by atoms with E-state index in [1.807, 2.05) is 0 Å². The number of benzene rings is 1. The van der Waals surface area contributed by atoms with Crippen molar-refractivity contribution in [3.8, 4) is 11.5 Å². The summed E-state index contributed by atoms with van der Waals surface area (Å²) in [4.78, 5) is 0. The molecule has 0 aliphatic rings. The van der Waals surface area contributed by atoms with E-state index in [1.165, 1.54) is 32.2 Å². The molecule has 1 atom stereocenters. The average Bonchev–Trinajstić information content (AvgIpc) is 2.17. The Hall–Kier alpha value is -1.29. The van der Waals surface area contributed by atoms with Crippen molar-refractivity contribution in [2.45, 2.75) is 12.6 Å². The van der Waals surface area contributed by atoms with Crippen molar-refractivity contribution in [2.24, 2.45) is 0 Å². The normalized spacial score (nSPS) is 14.7. The molecule has 4 heteroatoms. The van der Waals surface area contributed by atoms with Gasteiger partial charge in [-0.3, -0.25) is 0 Å². The Balaban J connectivity index is 3.12. The van der Waals surface area contributed by atoms with Crippen LogP contribution in [0.2, 0.25) is 0 Å². The molecule has 0 spiro atoms. The summed E-state index contributed by atoms with van der Waals surface area (Å²) in [7, 11) is 3.14. The fraction of sp³-hybridized carbons (Fsp3) is 0.455. The SMILES string of the molecule is CNCC(C)(F)c1ccc(O)cc1OC. The molecule has 0 saturated heterocycles. The molecule has 3 nitrogen and oxygen atoms in total. The Labute approximate surface area is 88.9 Å². The van der Waals surface area contributed by atoms with Gasteiger partial charge in [-0.1, -0.05) is 0 Å². The first-order valence-corrected chi connectivity index (χ1v) is 4.72. The van der Waals surface area contributed by atoms with Crippen molar-refractivity contribution >= 4 is 0 Å². The molecular formula is C11H16FNO2. The van der Waals surface area contributed by atoms with Gasteiger partial charge in [0.15, 0.2) is 0 Å². The average molecular weight is 213 g/mol. The zero-order chi connectivity index (χ0) is 11.5. The quantitative estimate of drug-likeness (QED) is 0.801. The third kappa shape index (κ3) is 2.59. The minimum absolute atomic E-state index is 0.0656. The van der Waals surface area contributed by atoms with E-state index >= 15 is 0 Å². The molecule has 1 aromatic rings. The summed E-state index contributed by atoms with van der Waals surface area (Å²) in [5, 5.41) is 12.0. The molecule has 0 amide bonds. The van der Waals surface area contributed by atoms with Crippen LogP contribution in [0.5, 0.6) is 11.5 Å².